The number of amides is 1. The number of nitrogens with two attached hydrogens (primary N) is 1. The van der Waals surface area contributed by atoms with Crippen molar-refractivity contribution in [3.63, 3.8) is 0 Å². The molecule has 1 aliphatic rings. The lowest BCUT2D eigenvalue weighted by atomic mass is 10.1. The normalized spacial score (nSPS) is 21.2. The second-order valence-electron chi connectivity index (χ2n) is 4.43. The number of nitrogen functional groups attached to an aromatic ring is 1. The Morgan fingerprint density at radius 2 is 2.35 bits per heavy atom. The van der Waals surface area contributed by atoms with Crippen molar-refractivity contribution in [2.24, 2.45) is 0 Å². The van der Waals surface area contributed by atoms with Gasteiger partial charge in [0.15, 0.2) is 0 Å². The minimum Gasteiger partial charge on any atom is -0.399 e. The van der Waals surface area contributed by atoms with Crippen LogP contribution in [0.15, 0.2) is 24.3 Å². The van der Waals surface area contributed by atoms with Crippen LogP contribution in [-0.4, -0.2) is 29.9 Å². The third-order valence-electron chi connectivity index (χ3n) is 3.17. The molecule has 0 radical (unpaired) electrons. The molecule has 92 valence electrons. The molecule has 2 rings (SSSR count). The molecule has 1 atom stereocenters. The van der Waals surface area contributed by atoms with E-state index >= 15 is 0 Å². The predicted octanol–water partition coefficient (Wildman–Crippen LogP) is 0.979. The number of hydrogen-bond donors (Lipinski definition) is 2. The van der Waals surface area contributed by atoms with Crippen LogP contribution in [0, 0.1) is 0 Å². The number of piperazine rings is 1. The summed E-state index contributed by atoms with van der Waals surface area (Å²) in [6.45, 7) is 4.47. The third-order valence-corrected chi connectivity index (χ3v) is 3.17. The van der Waals surface area contributed by atoms with Gasteiger partial charge in [-0.1, -0.05) is 19.1 Å². The van der Waals surface area contributed by atoms with E-state index in [0.717, 1.165) is 37.3 Å². The largest absolute Gasteiger partial charge is 0.399 e. The van der Waals surface area contributed by atoms with Crippen LogP contribution in [0.5, 0.6) is 0 Å². The molecule has 17 heavy (non-hydrogen) atoms. The summed E-state index contributed by atoms with van der Waals surface area (Å²) in [5.74, 6) is 0.141. The van der Waals surface area contributed by atoms with E-state index in [2.05, 4.69) is 16.3 Å². The van der Waals surface area contributed by atoms with E-state index in [9.17, 15) is 4.79 Å². The zero-order valence-corrected chi connectivity index (χ0v) is 10.1. The highest BCUT2D eigenvalue weighted by molar-refractivity contribution is 5.82. The Bertz CT molecular complexity index is 405. The molecule has 1 aromatic rings. The van der Waals surface area contributed by atoms with Gasteiger partial charge in [-0.15, -0.1) is 0 Å². The van der Waals surface area contributed by atoms with Gasteiger partial charge >= 0.3 is 0 Å². The van der Waals surface area contributed by atoms with Crippen LogP contribution in [-0.2, 0) is 11.3 Å². The summed E-state index contributed by atoms with van der Waals surface area (Å²) in [5.41, 5.74) is 7.70. The van der Waals surface area contributed by atoms with Gasteiger partial charge in [-0.2, -0.15) is 0 Å². The van der Waals surface area contributed by atoms with Crippen LogP contribution in [0.4, 0.5) is 5.69 Å². The highest BCUT2D eigenvalue weighted by Crippen LogP contribution is 2.15. The molecule has 4 nitrogen and oxygen atoms in total. The van der Waals surface area contributed by atoms with Gasteiger partial charge in [0.25, 0.3) is 0 Å². The van der Waals surface area contributed by atoms with Crippen LogP contribution in [0.2, 0.25) is 0 Å². The quantitative estimate of drug-likeness (QED) is 0.765. The van der Waals surface area contributed by atoms with Crippen LogP contribution in [0.1, 0.15) is 18.9 Å². The molecule has 1 unspecified atom stereocenters. The zero-order chi connectivity index (χ0) is 12.3. The van der Waals surface area contributed by atoms with Crippen LogP contribution in [0.3, 0.4) is 0 Å². The van der Waals surface area contributed by atoms with E-state index in [1.807, 2.05) is 25.1 Å². The average molecular weight is 233 g/mol. The topological polar surface area (TPSA) is 58.4 Å². The van der Waals surface area contributed by atoms with Crippen molar-refractivity contribution >= 4 is 11.6 Å². The molecular weight excluding hydrogens is 214 g/mol. The van der Waals surface area contributed by atoms with Crippen LogP contribution in [0.25, 0.3) is 0 Å². The Balaban J connectivity index is 2.09. The van der Waals surface area contributed by atoms with Crippen molar-refractivity contribution < 1.29 is 4.79 Å². The smallest absolute Gasteiger partial charge is 0.237 e. The molecule has 4 heteroatoms. The molecule has 1 fully saturated rings. The number of carbonyl (C=O) groups is 1. The van der Waals surface area contributed by atoms with Crippen molar-refractivity contribution in [3.8, 4) is 0 Å². The average Bonchev–Trinajstić information content (AvgIpc) is 2.29. The summed E-state index contributed by atoms with van der Waals surface area (Å²) in [7, 11) is 0. The van der Waals surface area contributed by atoms with Crippen molar-refractivity contribution in [1.29, 1.82) is 0 Å². The van der Waals surface area contributed by atoms with Crippen molar-refractivity contribution in [2.45, 2.75) is 25.9 Å². The molecule has 1 aliphatic heterocycles. The number of anilines is 1. The number of carbonyl (C=O) groups excluding carboxylic acids is 1. The van der Waals surface area contributed by atoms with Gasteiger partial charge in [0, 0.05) is 25.3 Å². The number of nitrogens with zero attached hydrogens (tertiary/aromatic N) is 1. The fourth-order valence-electron chi connectivity index (χ4n) is 2.32. The first-order valence-corrected chi connectivity index (χ1v) is 6.07. The van der Waals surface area contributed by atoms with Gasteiger partial charge in [0.2, 0.25) is 5.91 Å². The highest BCUT2D eigenvalue weighted by atomic mass is 16.2. The Morgan fingerprint density at radius 1 is 1.53 bits per heavy atom. The van der Waals surface area contributed by atoms with Crippen LogP contribution >= 0.6 is 0 Å². The molecular formula is C13H19N3O. The molecule has 0 aromatic heterocycles. The summed E-state index contributed by atoms with van der Waals surface area (Å²) >= 11 is 0. The first kappa shape index (κ1) is 11.9. The monoisotopic (exact) mass is 233 g/mol. The van der Waals surface area contributed by atoms with Gasteiger partial charge in [0.05, 0.1) is 6.04 Å². The third kappa shape index (κ3) is 2.77. The van der Waals surface area contributed by atoms with Crippen molar-refractivity contribution in [3.05, 3.63) is 29.8 Å². The van der Waals surface area contributed by atoms with E-state index in [0.29, 0.717) is 0 Å². The van der Waals surface area contributed by atoms with Crippen molar-refractivity contribution in [2.75, 3.05) is 18.8 Å². The molecule has 0 spiro atoms. The second kappa shape index (κ2) is 5.19. The standard InChI is InChI=1S/C13H19N3O/c1-2-12-13(17)15-6-7-16(12)9-10-4-3-5-11(14)8-10/h3-5,8,12H,2,6-7,9,14H2,1H3,(H,15,17). The Labute approximate surface area is 102 Å². The predicted molar refractivity (Wildman–Crippen MR) is 68.4 cm³/mol. The minimum atomic E-state index is -0.00909. The second-order valence-corrected chi connectivity index (χ2v) is 4.43. The Kier molecular flexibility index (Phi) is 3.64. The van der Waals surface area contributed by atoms with E-state index in [-0.39, 0.29) is 11.9 Å². The molecule has 1 amide bonds. The molecule has 1 heterocycles. The van der Waals surface area contributed by atoms with Crippen LogP contribution < -0.4 is 11.1 Å². The number of hydrogen-bond acceptors (Lipinski definition) is 3. The van der Waals surface area contributed by atoms with E-state index in [1.54, 1.807) is 0 Å². The summed E-state index contributed by atoms with van der Waals surface area (Å²) in [4.78, 5) is 13.9. The lowest BCUT2D eigenvalue weighted by Crippen LogP contribution is -2.54. The number of benzene rings is 1. The van der Waals surface area contributed by atoms with Gasteiger partial charge < -0.3 is 11.1 Å². The number of rotatable bonds is 3. The first-order chi connectivity index (χ1) is 8.20. The molecule has 0 bridgehead atoms. The minimum absolute atomic E-state index is 0.00909. The summed E-state index contributed by atoms with van der Waals surface area (Å²) in [5, 5.41) is 2.90. The fourth-order valence-corrected chi connectivity index (χ4v) is 2.32. The highest BCUT2D eigenvalue weighted by Gasteiger charge is 2.27. The maximum Gasteiger partial charge on any atom is 0.237 e. The number of nitrogens with one attached hydrogen (secondary N) is 1. The van der Waals surface area contributed by atoms with Gasteiger partial charge in [0.1, 0.15) is 0 Å². The SMILES string of the molecule is CCC1C(=O)NCCN1Cc1cccc(N)c1. The summed E-state index contributed by atoms with van der Waals surface area (Å²) < 4.78 is 0. The lowest BCUT2D eigenvalue weighted by molar-refractivity contribution is -0.129. The maximum atomic E-state index is 11.7. The van der Waals surface area contributed by atoms with Gasteiger partial charge in [-0.05, 0) is 24.1 Å². The van der Waals surface area contributed by atoms with Gasteiger partial charge in [-0.3, -0.25) is 9.69 Å². The molecule has 1 saturated heterocycles. The fraction of sp³-hybridized carbons (Fsp3) is 0.462. The molecule has 0 saturated carbocycles. The Hall–Kier alpha value is -1.55. The van der Waals surface area contributed by atoms with Crippen molar-refractivity contribution in [1.82, 2.24) is 10.2 Å². The summed E-state index contributed by atoms with van der Waals surface area (Å²) in [6, 6.07) is 7.85. The van der Waals surface area contributed by atoms with E-state index in [4.69, 9.17) is 5.73 Å². The summed E-state index contributed by atoms with van der Waals surface area (Å²) in [6.07, 6.45) is 0.841. The Morgan fingerprint density at radius 3 is 3.06 bits per heavy atom. The molecule has 3 N–H and O–H groups in total. The zero-order valence-electron chi connectivity index (χ0n) is 10.1. The lowest BCUT2D eigenvalue weighted by Gasteiger charge is -2.34. The van der Waals surface area contributed by atoms with Gasteiger partial charge in [-0.25, -0.2) is 0 Å². The molecule has 0 aliphatic carbocycles. The first-order valence-electron chi connectivity index (χ1n) is 6.07. The molecule has 1 aromatic carbocycles. The maximum absolute atomic E-state index is 11.7. The van der Waals surface area contributed by atoms with E-state index < -0.39 is 0 Å². The van der Waals surface area contributed by atoms with E-state index in [1.165, 1.54) is 0 Å².